The smallest absolute Gasteiger partial charge is 0.267 e. The van der Waals surface area contributed by atoms with Gasteiger partial charge in [0.25, 0.3) is 5.91 Å². The summed E-state index contributed by atoms with van der Waals surface area (Å²) in [7, 11) is 0. The van der Waals surface area contributed by atoms with Crippen LogP contribution in [0.15, 0.2) is 53.6 Å². The van der Waals surface area contributed by atoms with Crippen LogP contribution in [0.5, 0.6) is 0 Å². The molecule has 3 rings (SSSR count). The second-order valence-corrected chi connectivity index (χ2v) is 6.74. The molecule has 24 heavy (non-hydrogen) atoms. The summed E-state index contributed by atoms with van der Waals surface area (Å²) in [5, 5.41) is 5.29. The first-order chi connectivity index (χ1) is 11.5. The first-order valence-corrected chi connectivity index (χ1v) is 8.65. The fourth-order valence-corrected chi connectivity index (χ4v) is 2.87. The molecule has 1 N–H and O–H groups in total. The summed E-state index contributed by atoms with van der Waals surface area (Å²) in [5.41, 5.74) is 5.66. The molecule has 0 aliphatic carbocycles. The van der Waals surface area contributed by atoms with Crippen molar-refractivity contribution in [3.8, 4) is 0 Å². The van der Waals surface area contributed by atoms with Gasteiger partial charge in [-0.1, -0.05) is 35.9 Å². The number of nitrogens with one attached hydrogen (secondary N) is 1. The van der Waals surface area contributed by atoms with Crippen LogP contribution >= 0.6 is 34.2 Å². The molecule has 6 heteroatoms. The van der Waals surface area contributed by atoms with Crippen molar-refractivity contribution in [2.75, 3.05) is 0 Å². The van der Waals surface area contributed by atoms with E-state index in [2.05, 4.69) is 38.1 Å². The molecular formula is C18H13ClIN3O. The lowest BCUT2D eigenvalue weighted by Crippen LogP contribution is -2.17. The van der Waals surface area contributed by atoms with Crippen LogP contribution in [-0.2, 0) is 0 Å². The van der Waals surface area contributed by atoms with Gasteiger partial charge in [0.05, 0.1) is 11.7 Å². The van der Waals surface area contributed by atoms with E-state index >= 15 is 0 Å². The number of nitrogens with zero attached hydrogens (tertiary/aromatic N) is 2. The van der Waals surface area contributed by atoms with E-state index < -0.39 is 0 Å². The molecule has 120 valence electrons. The van der Waals surface area contributed by atoms with E-state index in [-0.39, 0.29) is 5.91 Å². The molecule has 0 aliphatic rings. The van der Waals surface area contributed by atoms with E-state index in [4.69, 9.17) is 11.6 Å². The number of carbonyl (C=O) groups is 1. The first kappa shape index (κ1) is 16.9. The molecule has 0 bridgehead atoms. The summed E-state index contributed by atoms with van der Waals surface area (Å²) in [4.78, 5) is 16.4. The zero-order valence-electron chi connectivity index (χ0n) is 12.8. The molecule has 0 fully saturated rings. The lowest BCUT2D eigenvalue weighted by molar-refractivity contribution is 0.0955. The van der Waals surface area contributed by atoms with Crippen LogP contribution < -0.4 is 5.43 Å². The van der Waals surface area contributed by atoms with Crippen LogP contribution in [0.25, 0.3) is 10.9 Å². The third kappa shape index (κ3) is 3.73. The van der Waals surface area contributed by atoms with Gasteiger partial charge in [0.15, 0.2) is 0 Å². The van der Waals surface area contributed by atoms with Crippen molar-refractivity contribution < 1.29 is 4.79 Å². The Hall–Kier alpha value is -1.99. The van der Waals surface area contributed by atoms with Crippen LogP contribution in [0.3, 0.4) is 0 Å². The zero-order valence-corrected chi connectivity index (χ0v) is 15.7. The fraction of sp³-hybridized carbons (Fsp3) is 0.0556. The number of para-hydroxylation sites is 1. The Morgan fingerprint density at radius 3 is 2.83 bits per heavy atom. The Morgan fingerprint density at radius 2 is 2.04 bits per heavy atom. The number of benzene rings is 2. The SMILES string of the molecule is Cc1ccc(C(=O)N/N=C/c2cc3ccccc3nc2Cl)cc1I. The number of halogens is 2. The summed E-state index contributed by atoms with van der Waals surface area (Å²) in [6.45, 7) is 2.00. The molecule has 1 aromatic heterocycles. The topological polar surface area (TPSA) is 54.4 Å². The molecule has 3 aromatic rings. The Labute approximate surface area is 158 Å². The molecular weight excluding hydrogens is 437 g/mol. The molecule has 4 nitrogen and oxygen atoms in total. The molecule has 0 atom stereocenters. The van der Waals surface area contributed by atoms with Crippen LogP contribution in [0.4, 0.5) is 0 Å². The highest BCUT2D eigenvalue weighted by molar-refractivity contribution is 14.1. The van der Waals surface area contributed by atoms with Gasteiger partial charge in [0.1, 0.15) is 5.15 Å². The summed E-state index contributed by atoms with van der Waals surface area (Å²) in [6, 6.07) is 15.1. The Kier molecular flexibility index (Phi) is 5.11. The van der Waals surface area contributed by atoms with Gasteiger partial charge < -0.3 is 0 Å². The monoisotopic (exact) mass is 449 g/mol. The summed E-state index contributed by atoms with van der Waals surface area (Å²) >= 11 is 8.36. The van der Waals surface area contributed by atoms with Gasteiger partial charge in [0, 0.05) is 20.1 Å². The molecule has 1 amide bonds. The van der Waals surface area contributed by atoms with Crippen LogP contribution in [-0.4, -0.2) is 17.1 Å². The molecule has 0 spiro atoms. The average Bonchev–Trinajstić information content (AvgIpc) is 2.57. The minimum Gasteiger partial charge on any atom is -0.267 e. The normalized spacial score (nSPS) is 11.1. The van der Waals surface area contributed by atoms with Gasteiger partial charge in [-0.05, 0) is 59.3 Å². The molecule has 0 saturated carbocycles. The highest BCUT2D eigenvalue weighted by atomic mass is 127. The number of amides is 1. The quantitative estimate of drug-likeness (QED) is 0.276. The molecule has 2 aromatic carbocycles. The van der Waals surface area contributed by atoms with E-state index in [0.29, 0.717) is 16.3 Å². The van der Waals surface area contributed by atoms with Crippen molar-refractivity contribution in [3.63, 3.8) is 0 Å². The van der Waals surface area contributed by atoms with Crippen molar-refractivity contribution in [2.24, 2.45) is 5.10 Å². The maximum Gasteiger partial charge on any atom is 0.271 e. The lowest BCUT2D eigenvalue weighted by atomic mass is 10.1. The summed E-state index contributed by atoms with van der Waals surface area (Å²) in [6.07, 6.45) is 1.50. The largest absolute Gasteiger partial charge is 0.271 e. The van der Waals surface area contributed by atoms with Crippen molar-refractivity contribution in [1.82, 2.24) is 10.4 Å². The molecule has 0 aliphatic heterocycles. The standard InChI is InChI=1S/C18H13ClIN3O/c1-11-6-7-13(9-15(11)20)18(24)23-21-10-14-8-12-4-2-3-5-16(12)22-17(14)19/h2-10H,1H3,(H,23,24)/b21-10+. The van der Waals surface area contributed by atoms with Crippen molar-refractivity contribution in [1.29, 1.82) is 0 Å². The summed E-state index contributed by atoms with van der Waals surface area (Å²) in [5.74, 6) is -0.269. The minimum absolute atomic E-state index is 0.269. The van der Waals surface area contributed by atoms with Crippen molar-refractivity contribution in [2.45, 2.75) is 6.92 Å². The van der Waals surface area contributed by atoms with E-state index in [9.17, 15) is 4.79 Å². The van der Waals surface area contributed by atoms with E-state index in [1.54, 1.807) is 6.07 Å². The van der Waals surface area contributed by atoms with E-state index in [1.165, 1.54) is 6.21 Å². The van der Waals surface area contributed by atoms with Crippen LogP contribution in [0.1, 0.15) is 21.5 Å². The van der Waals surface area contributed by atoms with Crippen LogP contribution in [0, 0.1) is 10.5 Å². The Balaban J connectivity index is 1.77. The molecule has 0 radical (unpaired) electrons. The van der Waals surface area contributed by atoms with Gasteiger partial charge >= 0.3 is 0 Å². The third-order valence-corrected chi connectivity index (χ3v) is 4.97. The lowest BCUT2D eigenvalue weighted by Gasteiger charge is -2.04. The third-order valence-electron chi connectivity index (χ3n) is 3.51. The number of hydrogen-bond acceptors (Lipinski definition) is 3. The second kappa shape index (κ2) is 7.27. The van der Waals surface area contributed by atoms with Gasteiger partial charge in [-0.25, -0.2) is 10.4 Å². The number of carbonyl (C=O) groups excluding carboxylic acids is 1. The maximum atomic E-state index is 12.1. The predicted octanol–water partition coefficient (Wildman–Crippen LogP) is 4.57. The minimum atomic E-state index is -0.269. The number of pyridine rings is 1. The number of aromatic nitrogens is 1. The van der Waals surface area contributed by atoms with E-state index in [1.807, 2.05) is 49.4 Å². The first-order valence-electron chi connectivity index (χ1n) is 7.19. The Morgan fingerprint density at radius 1 is 1.25 bits per heavy atom. The van der Waals surface area contributed by atoms with Gasteiger partial charge in [-0.15, -0.1) is 0 Å². The fourth-order valence-electron chi connectivity index (χ4n) is 2.16. The molecule has 1 heterocycles. The number of aryl methyl sites for hydroxylation is 1. The highest BCUT2D eigenvalue weighted by Gasteiger charge is 2.06. The van der Waals surface area contributed by atoms with Crippen LogP contribution in [0.2, 0.25) is 5.15 Å². The molecule has 0 saturated heterocycles. The maximum absolute atomic E-state index is 12.1. The second-order valence-electron chi connectivity index (χ2n) is 5.22. The average molecular weight is 450 g/mol. The van der Waals surface area contributed by atoms with Gasteiger partial charge in [-0.3, -0.25) is 4.79 Å². The highest BCUT2D eigenvalue weighted by Crippen LogP contribution is 2.19. The van der Waals surface area contributed by atoms with Crippen molar-refractivity contribution >= 4 is 57.2 Å². The number of hydrogen-bond donors (Lipinski definition) is 1. The summed E-state index contributed by atoms with van der Waals surface area (Å²) < 4.78 is 1.03. The van der Waals surface area contributed by atoms with Crippen molar-refractivity contribution in [3.05, 3.63) is 73.9 Å². The number of hydrazone groups is 1. The Bertz CT molecular complexity index is 956. The molecule has 0 unspecified atom stereocenters. The zero-order chi connectivity index (χ0) is 17.1. The number of rotatable bonds is 3. The van der Waals surface area contributed by atoms with Gasteiger partial charge in [-0.2, -0.15) is 5.10 Å². The van der Waals surface area contributed by atoms with E-state index in [0.717, 1.165) is 20.0 Å². The number of fused-ring (bicyclic) bond motifs is 1. The van der Waals surface area contributed by atoms with Gasteiger partial charge in [0.2, 0.25) is 0 Å². The predicted molar refractivity (Wildman–Crippen MR) is 106 cm³/mol.